The molecule has 2 N–H and O–H groups in total. The molecule has 0 saturated heterocycles. The average molecular weight is 257 g/mol. The van der Waals surface area contributed by atoms with Crippen LogP contribution in [-0.2, 0) is 9.59 Å². The van der Waals surface area contributed by atoms with Crippen molar-refractivity contribution in [1.82, 2.24) is 0 Å². The first-order valence-electron chi connectivity index (χ1n) is 4.84. The van der Waals surface area contributed by atoms with Crippen LogP contribution in [0.25, 0.3) is 0 Å². The molecule has 0 aliphatic heterocycles. The normalized spacial score (nSPS) is 10.0. The highest BCUT2D eigenvalue weighted by Gasteiger charge is 2.05. The fraction of sp³-hybridized carbons (Fsp3) is 0.273. The molecule has 1 rings (SSSR count). The smallest absolute Gasteiger partial charge is 0.313 e. The van der Waals surface area contributed by atoms with E-state index in [2.05, 4.69) is 5.32 Å². The Morgan fingerprint density at radius 2 is 2.12 bits per heavy atom. The number of halogens is 1. The second-order valence-corrected chi connectivity index (χ2v) is 4.38. The number of benzene rings is 1. The summed E-state index contributed by atoms with van der Waals surface area (Å²) in [6.45, 7) is 1.60. The number of nitrogens with one attached hydrogen (secondary N) is 1. The van der Waals surface area contributed by atoms with Gasteiger partial charge < -0.3 is 10.4 Å². The van der Waals surface area contributed by atoms with Gasteiger partial charge in [0.15, 0.2) is 0 Å². The number of carboxylic acid groups (broad SMARTS) is 1. The molecule has 1 aromatic rings. The van der Waals surface area contributed by atoms with Crippen LogP contribution in [0.2, 0.25) is 0 Å². The summed E-state index contributed by atoms with van der Waals surface area (Å²) in [5.41, 5.74) is 0.950. The summed E-state index contributed by atoms with van der Waals surface area (Å²) in [4.78, 5) is 21.6. The summed E-state index contributed by atoms with van der Waals surface area (Å²) in [5.74, 6) is -1.65. The number of anilines is 1. The van der Waals surface area contributed by atoms with Crippen molar-refractivity contribution in [2.45, 2.75) is 6.92 Å². The maximum Gasteiger partial charge on any atom is 0.313 e. The maximum absolute atomic E-state index is 12.9. The predicted octanol–water partition coefficient (Wildman–Crippen LogP) is 1.89. The minimum Gasteiger partial charge on any atom is -0.481 e. The number of rotatable bonds is 5. The highest BCUT2D eigenvalue weighted by molar-refractivity contribution is 8.00. The van der Waals surface area contributed by atoms with Crippen molar-refractivity contribution in [3.63, 3.8) is 0 Å². The Bertz CT molecular complexity index is 437. The van der Waals surface area contributed by atoms with Gasteiger partial charge in [-0.05, 0) is 30.7 Å². The molecule has 6 heteroatoms. The van der Waals surface area contributed by atoms with Crippen molar-refractivity contribution < 1.29 is 19.1 Å². The van der Waals surface area contributed by atoms with Crippen molar-refractivity contribution in [3.8, 4) is 0 Å². The van der Waals surface area contributed by atoms with Crippen molar-refractivity contribution in [3.05, 3.63) is 29.6 Å². The molecule has 0 fully saturated rings. The second-order valence-electron chi connectivity index (χ2n) is 3.40. The molecule has 0 aliphatic carbocycles. The molecule has 0 radical (unpaired) electrons. The molecule has 0 atom stereocenters. The summed E-state index contributed by atoms with van der Waals surface area (Å²) in [6.07, 6.45) is 0. The Balaban J connectivity index is 2.45. The fourth-order valence-corrected chi connectivity index (χ4v) is 1.68. The van der Waals surface area contributed by atoms with Crippen LogP contribution in [0.4, 0.5) is 10.1 Å². The highest BCUT2D eigenvalue weighted by atomic mass is 32.2. The molecule has 0 spiro atoms. The summed E-state index contributed by atoms with van der Waals surface area (Å²) in [7, 11) is 0. The highest BCUT2D eigenvalue weighted by Crippen LogP contribution is 2.14. The largest absolute Gasteiger partial charge is 0.481 e. The molecule has 0 unspecified atom stereocenters. The minimum atomic E-state index is -0.958. The maximum atomic E-state index is 12.9. The van der Waals surface area contributed by atoms with Gasteiger partial charge in [0.1, 0.15) is 5.82 Å². The molecule has 0 aliphatic rings. The van der Waals surface area contributed by atoms with E-state index in [4.69, 9.17) is 5.11 Å². The topological polar surface area (TPSA) is 66.4 Å². The zero-order valence-corrected chi connectivity index (χ0v) is 10.0. The van der Waals surface area contributed by atoms with Crippen LogP contribution in [0, 0.1) is 12.7 Å². The lowest BCUT2D eigenvalue weighted by Crippen LogP contribution is -2.15. The second kappa shape index (κ2) is 6.24. The number of thioether (sulfide) groups is 1. The van der Waals surface area contributed by atoms with Gasteiger partial charge in [0.25, 0.3) is 0 Å². The summed E-state index contributed by atoms with van der Waals surface area (Å²) < 4.78 is 12.9. The number of hydrogen-bond acceptors (Lipinski definition) is 3. The van der Waals surface area contributed by atoms with Crippen LogP contribution in [0.3, 0.4) is 0 Å². The third kappa shape index (κ3) is 4.86. The monoisotopic (exact) mass is 257 g/mol. The van der Waals surface area contributed by atoms with Gasteiger partial charge in [-0.1, -0.05) is 0 Å². The summed E-state index contributed by atoms with van der Waals surface area (Å²) in [5, 5.41) is 11.0. The summed E-state index contributed by atoms with van der Waals surface area (Å²) in [6, 6.07) is 4.26. The molecular weight excluding hydrogens is 245 g/mol. The number of aliphatic carboxylic acids is 1. The Kier molecular flexibility index (Phi) is 4.96. The van der Waals surface area contributed by atoms with Gasteiger partial charge in [-0.15, -0.1) is 11.8 Å². The molecular formula is C11H12FNO3S. The van der Waals surface area contributed by atoms with Crippen LogP contribution in [-0.4, -0.2) is 28.5 Å². The Hall–Kier alpha value is -1.56. The molecule has 0 heterocycles. The van der Waals surface area contributed by atoms with E-state index in [0.717, 1.165) is 11.8 Å². The zero-order valence-electron chi connectivity index (χ0n) is 9.20. The lowest BCUT2D eigenvalue weighted by Gasteiger charge is -2.05. The quantitative estimate of drug-likeness (QED) is 0.845. The first kappa shape index (κ1) is 13.5. The predicted molar refractivity (Wildman–Crippen MR) is 64.7 cm³/mol. The van der Waals surface area contributed by atoms with Gasteiger partial charge in [-0.3, -0.25) is 9.59 Å². The number of carbonyl (C=O) groups is 2. The zero-order chi connectivity index (χ0) is 12.8. The van der Waals surface area contributed by atoms with E-state index in [-0.39, 0.29) is 23.2 Å². The standard InChI is InChI=1S/C11H12FNO3S/c1-7-4-8(2-3-9(7)12)13-10(14)5-17-6-11(15)16/h2-4H,5-6H2,1H3,(H,13,14)(H,15,16). The van der Waals surface area contributed by atoms with Gasteiger partial charge in [-0.25, -0.2) is 4.39 Å². The first-order valence-corrected chi connectivity index (χ1v) is 6.00. The van der Waals surface area contributed by atoms with Gasteiger partial charge in [0.2, 0.25) is 5.91 Å². The van der Waals surface area contributed by atoms with Crippen molar-refractivity contribution in [2.75, 3.05) is 16.8 Å². The average Bonchev–Trinajstić information content (AvgIpc) is 2.23. The lowest BCUT2D eigenvalue weighted by molar-refractivity contribution is -0.133. The molecule has 1 amide bonds. The van der Waals surface area contributed by atoms with E-state index in [1.54, 1.807) is 6.92 Å². The number of aryl methyl sites for hydroxylation is 1. The number of carbonyl (C=O) groups excluding carboxylic acids is 1. The molecule has 0 bridgehead atoms. The molecule has 0 aromatic heterocycles. The summed E-state index contributed by atoms with van der Waals surface area (Å²) >= 11 is 1.01. The third-order valence-corrected chi connectivity index (χ3v) is 2.82. The van der Waals surface area contributed by atoms with E-state index in [1.807, 2.05) is 0 Å². The number of hydrogen-bond donors (Lipinski definition) is 2. The molecule has 17 heavy (non-hydrogen) atoms. The molecule has 92 valence electrons. The first-order chi connectivity index (χ1) is 7.99. The Morgan fingerprint density at radius 1 is 1.41 bits per heavy atom. The molecule has 1 aromatic carbocycles. The van der Waals surface area contributed by atoms with Crippen LogP contribution >= 0.6 is 11.8 Å². The van der Waals surface area contributed by atoms with Gasteiger partial charge in [0.05, 0.1) is 11.5 Å². The lowest BCUT2D eigenvalue weighted by atomic mass is 10.2. The molecule has 0 saturated carbocycles. The Labute approximate surface area is 102 Å². The third-order valence-electron chi connectivity index (χ3n) is 1.90. The van der Waals surface area contributed by atoms with Crippen LogP contribution < -0.4 is 5.32 Å². The van der Waals surface area contributed by atoms with E-state index in [9.17, 15) is 14.0 Å². The van der Waals surface area contributed by atoms with Gasteiger partial charge in [-0.2, -0.15) is 0 Å². The van der Waals surface area contributed by atoms with Crippen molar-refractivity contribution in [2.24, 2.45) is 0 Å². The number of carboxylic acids is 1. The fourth-order valence-electron chi connectivity index (χ4n) is 1.15. The SMILES string of the molecule is Cc1cc(NC(=O)CSCC(=O)O)ccc1F. The van der Waals surface area contributed by atoms with E-state index >= 15 is 0 Å². The Morgan fingerprint density at radius 3 is 2.71 bits per heavy atom. The van der Waals surface area contributed by atoms with E-state index in [0.29, 0.717) is 11.3 Å². The van der Waals surface area contributed by atoms with Crippen molar-refractivity contribution >= 4 is 29.3 Å². The van der Waals surface area contributed by atoms with Gasteiger partial charge in [0, 0.05) is 5.69 Å². The minimum absolute atomic E-state index is 0.0583. The van der Waals surface area contributed by atoms with Crippen LogP contribution in [0.5, 0.6) is 0 Å². The number of amides is 1. The van der Waals surface area contributed by atoms with Crippen molar-refractivity contribution in [1.29, 1.82) is 0 Å². The van der Waals surface area contributed by atoms with Crippen LogP contribution in [0.15, 0.2) is 18.2 Å². The van der Waals surface area contributed by atoms with E-state index in [1.165, 1.54) is 18.2 Å². The van der Waals surface area contributed by atoms with Crippen LogP contribution in [0.1, 0.15) is 5.56 Å². The van der Waals surface area contributed by atoms with E-state index < -0.39 is 5.97 Å². The van der Waals surface area contributed by atoms with Gasteiger partial charge >= 0.3 is 5.97 Å². The molecule has 4 nitrogen and oxygen atoms in total.